The van der Waals surface area contributed by atoms with Crippen LogP contribution < -0.4 is 10.6 Å². The first kappa shape index (κ1) is 31.9. The van der Waals surface area contributed by atoms with E-state index < -0.39 is 0 Å². The average molecular weight is 469 g/mol. The Bertz CT molecular complexity index is 391. The highest BCUT2D eigenvalue weighted by molar-refractivity contribution is 5.79. The van der Waals surface area contributed by atoms with Gasteiger partial charge >= 0.3 is 0 Å². The van der Waals surface area contributed by atoms with Gasteiger partial charge in [-0.25, -0.2) is 0 Å². The topological polar surface area (TPSA) is 67.4 Å². The van der Waals surface area contributed by atoms with Crippen LogP contribution in [0.2, 0.25) is 0 Å². The van der Waals surface area contributed by atoms with Crippen LogP contribution >= 0.6 is 0 Å². The van der Waals surface area contributed by atoms with Crippen LogP contribution in [0, 0.1) is 0 Å². The molecule has 0 saturated heterocycles. The summed E-state index contributed by atoms with van der Waals surface area (Å²) in [6.45, 7) is 5.82. The maximum absolute atomic E-state index is 11.8. The van der Waals surface area contributed by atoms with Crippen molar-refractivity contribution in [1.82, 2.24) is 10.6 Å². The molecule has 2 amide bonds. The first-order valence-corrected chi connectivity index (χ1v) is 14.3. The third kappa shape index (κ3) is 27.0. The Labute approximate surface area is 205 Å². The van der Waals surface area contributed by atoms with Crippen molar-refractivity contribution in [3.8, 4) is 0 Å². The minimum atomic E-state index is -0.131. The van der Waals surface area contributed by atoms with Crippen molar-refractivity contribution in [1.29, 1.82) is 0 Å². The van der Waals surface area contributed by atoms with Gasteiger partial charge in [0.15, 0.2) is 0 Å². The van der Waals surface area contributed by atoms with Crippen molar-refractivity contribution in [3.63, 3.8) is 0 Å². The van der Waals surface area contributed by atoms with Crippen molar-refractivity contribution < 1.29 is 14.3 Å². The summed E-state index contributed by atoms with van der Waals surface area (Å²) >= 11 is 0. The highest BCUT2D eigenvalue weighted by Gasteiger charge is 2.04. The molecule has 0 heterocycles. The lowest BCUT2D eigenvalue weighted by atomic mass is 10.1. The zero-order valence-electron chi connectivity index (χ0n) is 22.2. The predicted molar refractivity (Wildman–Crippen MR) is 141 cm³/mol. The fraction of sp³-hybridized carbons (Fsp3) is 0.929. The molecule has 5 nitrogen and oxygen atoms in total. The van der Waals surface area contributed by atoms with Crippen molar-refractivity contribution in [2.45, 2.75) is 142 Å². The number of hydrogen-bond donors (Lipinski definition) is 2. The van der Waals surface area contributed by atoms with Crippen LogP contribution in [0.15, 0.2) is 0 Å². The van der Waals surface area contributed by atoms with Crippen molar-refractivity contribution in [2.24, 2.45) is 0 Å². The lowest BCUT2D eigenvalue weighted by Crippen LogP contribution is -2.32. The molecule has 0 saturated carbocycles. The maximum Gasteiger partial charge on any atom is 0.246 e. The van der Waals surface area contributed by atoms with E-state index in [1.54, 1.807) is 0 Å². The van der Waals surface area contributed by atoms with Crippen LogP contribution in [0.1, 0.15) is 142 Å². The zero-order chi connectivity index (χ0) is 24.2. The van der Waals surface area contributed by atoms with E-state index in [-0.39, 0.29) is 25.0 Å². The molecule has 0 bridgehead atoms. The summed E-state index contributed by atoms with van der Waals surface area (Å²) in [5.74, 6) is -0.262. The van der Waals surface area contributed by atoms with E-state index in [2.05, 4.69) is 24.5 Å². The predicted octanol–water partition coefficient (Wildman–Crippen LogP) is 7.08. The lowest BCUT2D eigenvalue weighted by molar-refractivity contribution is -0.130. The van der Waals surface area contributed by atoms with Crippen molar-refractivity contribution >= 4 is 11.8 Å². The molecule has 0 radical (unpaired) electrons. The van der Waals surface area contributed by atoms with Gasteiger partial charge in [-0.05, 0) is 12.8 Å². The number of unbranched alkanes of at least 4 members (excludes halogenated alkanes) is 18. The van der Waals surface area contributed by atoms with Crippen LogP contribution in [-0.4, -0.2) is 38.1 Å². The molecule has 0 aliphatic carbocycles. The molecule has 0 aromatic heterocycles. The molecule has 33 heavy (non-hydrogen) atoms. The smallest absolute Gasteiger partial charge is 0.246 e. The van der Waals surface area contributed by atoms with Crippen LogP contribution in [0.4, 0.5) is 0 Å². The second kappa shape index (κ2) is 27.1. The van der Waals surface area contributed by atoms with E-state index in [1.807, 2.05) is 0 Å². The molecule has 0 aliphatic heterocycles. The van der Waals surface area contributed by atoms with E-state index in [4.69, 9.17) is 4.74 Å². The summed E-state index contributed by atoms with van der Waals surface area (Å²) < 4.78 is 5.23. The minimum Gasteiger partial charge on any atom is -0.362 e. The number of rotatable bonds is 26. The Balaban J connectivity index is 3.29. The van der Waals surface area contributed by atoms with E-state index in [1.165, 1.54) is 103 Å². The largest absolute Gasteiger partial charge is 0.362 e. The van der Waals surface area contributed by atoms with Gasteiger partial charge in [-0.3, -0.25) is 9.59 Å². The standard InChI is InChI=1S/C28H56N2O3/c1-3-5-7-9-11-13-15-17-19-21-23-29-27(31)25-33-26-28(32)30-24-22-20-18-16-14-12-10-8-6-4-2/h3-26H2,1-2H3,(H,29,31)(H,30,32). The molecular weight excluding hydrogens is 412 g/mol. The molecule has 0 aromatic carbocycles. The van der Waals surface area contributed by atoms with Crippen molar-refractivity contribution in [3.05, 3.63) is 0 Å². The Morgan fingerprint density at radius 2 is 0.727 bits per heavy atom. The summed E-state index contributed by atoms with van der Waals surface area (Å²) in [5, 5.41) is 5.75. The normalized spacial score (nSPS) is 11.0. The number of carbonyl (C=O) groups excluding carboxylic acids is 2. The highest BCUT2D eigenvalue weighted by atomic mass is 16.5. The summed E-state index contributed by atoms with van der Waals surface area (Å²) in [5.41, 5.74) is 0. The van der Waals surface area contributed by atoms with E-state index in [0.717, 1.165) is 25.7 Å². The Morgan fingerprint density at radius 1 is 0.455 bits per heavy atom. The Morgan fingerprint density at radius 3 is 1.03 bits per heavy atom. The maximum atomic E-state index is 11.8. The Hall–Kier alpha value is -1.10. The quantitative estimate of drug-likeness (QED) is 0.133. The molecule has 0 aliphatic rings. The highest BCUT2D eigenvalue weighted by Crippen LogP contribution is 2.11. The van der Waals surface area contributed by atoms with Crippen LogP contribution in [0.3, 0.4) is 0 Å². The first-order valence-electron chi connectivity index (χ1n) is 14.3. The van der Waals surface area contributed by atoms with Crippen LogP contribution in [0.25, 0.3) is 0 Å². The van der Waals surface area contributed by atoms with Gasteiger partial charge in [0, 0.05) is 13.1 Å². The summed E-state index contributed by atoms with van der Waals surface area (Å²) in [7, 11) is 0. The molecule has 0 atom stereocenters. The van der Waals surface area contributed by atoms with Gasteiger partial charge in [0.25, 0.3) is 0 Å². The molecule has 2 N–H and O–H groups in total. The van der Waals surface area contributed by atoms with Gasteiger partial charge in [0.05, 0.1) is 0 Å². The van der Waals surface area contributed by atoms with E-state index >= 15 is 0 Å². The molecule has 0 unspecified atom stereocenters. The molecule has 0 aromatic rings. The number of nitrogens with one attached hydrogen (secondary N) is 2. The first-order chi connectivity index (χ1) is 16.2. The molecule has 0 rings (SSSR count). The molecular formula is C28H56N2O3. The number of ether oxygens (including phenoxy) is 1. The summed E-state index contributed by atoms with van der Waals surface area (Å²) in [6.07, 6.45) is 25.7. The third-order valence-corrected chi connectivity index (χ3v) is 6.17. The second-order valence-corrected chi connectivity index (χ2v) is 9.56. The molecule has 5 heteroatoms. The van der Waals surface area contributed by atoms with Crippen LogP contribution in [0.5, 0.6) is 0 Å². The molecule has 196 valence electrons. The van der Waals surface area contributed by atoms with Crippen molar-refractivity contribution in [2.75, 3.05) is 26.3 Å². The summed E-state index contributed by atoms with van der Waals surface area (Å²) in [6, 6.07) is 0. The fourth-order valence-corrected chi connectivity index (χ4v) is 4.02. The number of hydrogen-bond acceptors (Lipinski definition) is 3. The summed E-state index contributed by atoms with van der Waals surface area (Å²) in [4.78, 5) is 23.6. The zero-order valence-corrected chi connectivity index (χ0v) is 22.2. The van der Waals surface area contributed by atoms with Gasteiger partial charge in [0.1, 0.15) is 13.2 Å². The molecule has 0 fully saturated rings. The van der Waals surface area contributed by atoms with Gasteiger partial charge in [-0.15, -0.1) is 0 Å². The Kier molecular flexibility index (Phi) is 26.2. The van der Waals surface area contributed by atoms with Gasteiger partial charge in [0.2, 0.25) is 11.8 Å². The monoisotopic (exact) mass is 468 g/mol. The second-order valence-electron chi connectivity index (χ2n) is 9.56. The third-order valence-electron chi connectivity index (χ3n) is 6.17. The lowest BCUT2D eigenvalue weighted by Gasteiger charge is -2.08. The SMILES string of the molecule is CCCCCCCCCCCCNC(=O)COCC(=O)NCCCCCCCCCCCC. The minimum absolute atomic E-state index is 0.0383. The van der Waals surface area contributed by atoms with Gasteiger partial charge in [-0.1, -0.05) is 129 Å². The van der Waals surface area contributed by atoms with E-state index in [0.29, 0.717) is 13.1 Å². The average Bonchev–Trinajstić information content (AvgIpc) is 2.81. The van der Waals surface area contributed by atoms with Gasteiger partial charge in [-0.2, -0.15) is 0 Å². The molecule has 0 spiro atoms. The number of amides is 2. The number of carbonyl (C=O) groups is 2. The van der Waals surface area contributed by atoms with Gasteiger partial charge < -0.3 is 15.4 Å². The van der Waals surface area contributed by atoms with E-state index in [9.17, 15) is 9.59 Å². The van der Waals surface area contributed by atoms with Crippen LogP contribution in [-0.2, 0) is 14.3 Å². The fourth-order valence-electron chi connectivity index (χ4n) is 4.02.